The molecule has 0 unspecified atom stereocenters. The van der Waals surface area contributed by atoms with Crippen LogP contribution in [0.1, 0.15) is 12.8 Å². The molecule has 0 aromatic carbocycles. The van der Waals surface area contributed by atoms with Crippen molar-refractivity contribution >= 4 is 5.91 Å². The van der Waals surface area contributed by atoms with Crippen LogP contribution in [0.5, 0.6) is 0 Å². The molecule has 0 aromatic rings. The largest absolute Gasteiger partial charge is 0.349 e. The molecule has 0 saturated heterocycles. The SMILES string of the molecule is C=CCC=CC=C(C=CCC=C)C(=O)NCC=C. The lowest BCUT2D eigenvalue weighted by molar-refractivity contribution is -0.116. The Morgan fingerprint density at radius 3 is 2.28 bits per heavy atom. The summed E-state index contributed by atoms with van der Waals surface area (Å²) in [6.07, 6.45) is 16.0. The van der Waals surface area contributed by atoms with E-state index in [2.05, 4.69) is 25.1 Å². The van der Waals surface area contributed by atoms with Gasteiger partial charge in [0.2, 0.25) is 0 Å². The zero-order valence-electron chi connectivity index (χ0n) is 10.8. The molecule has 0 radical (unpaired) electrons. The number of carbonyl (C=O) groups is 1. The fourth-order valence-corrected chi connectivity index (χ4v) is 1.11. The van der Waals surface area contributed by atoms with Crippen molar-refractivity contribution in [2.75, 3.05) is 6.54 Å². The van der Waals surface area contributed by atoms with E-state index in [0.717, 1.165) is 12.8 Å². The Labute approximate surface area is 110 Å². The van der Waals surface area contributed by atoms with Gasteiger partial charge in [0.15, 0.2) is 0 Å². The number of hydrogen-bond donors (Lipinski definition) is 1. The molecule has 0 bridgehead atoms. The Kier molecular flexibility index (Phi) is 10.1. The van der Waals surface area contributed by atoms with Gasteiger partial charge in [-0.3, -0.25) is 4.79 Å². The summed E-state index contributed by atoms with van der Waals surface area (Å²) >= 11 is 0. The highest BCUT2D eigenvalue weighted by Crippen LogP contribution is 2.00. The van der Waals surface area contributed by atoms with Crippen LogP contribution in [0.25, 0.3) is 0 Å². The summed E-state index contributed by atoms with van der Waals surface area (Å²) in [5.74, 6) is -0.113. The van der Waals surface area contributed by atoms with E-state index in [9.17, 15) is 4.79 Å². The van der Waals surface area contributed by atoms with E-state index in [1.807, 2.05) is 18.2 Å². The molecule has 0 aliphatic heterocycles. The Morgan fingerprint density at radius 2 is 1.67 bits per heavy atom. The van der Waals surface area contributed by atoms with Gasteiger partial charge >= 0.3 is 0 Å². The second-order valence-corrected chi connectivity index (χ2v) is 3.50. The van der Waals surface area contributed by atoms with E-state index < -0.39 is 0 Å². The maximum Gasteiger partial charge on any atom is 0.251 e. The van der Waals surface area contributed by atoms with Crippen molar-refractivity contribution in [1.29, 1.82) is 0 Å². The molecule has 1 amide bonds. The molecule has 96 valence electrons. The molecule has 0 rings (SSSR count). The van der Waals surface area contributed by atoms with Crippen molar-refractivity contribution in [3.8, 4) is 0 Å². The van der Waals surface area contributed by atoms with E-state index in [1.54, 1.807) is 30.4 Å². The molecule has 0 fully saturated rings. The normalized spacial score (nSPS) is 11.7. The molecule has 0 aliphatic rings. The molecule has 0 saturated carbocycles. The summed E-state index contributed by atoms with van der Waals surface area (Å²) in [5, 5.41) is 2.74. The van der Waals surface area contributed by atoms with Gasteiger partial charge in [-0.1, -0.05) is 42.5 Å². The number of rotatable bonds is 9. The van der Waals surface area contributed by atoms with E-state index in [-0.39, 0.29) is 5.91 Å². The molecule has 0 heterocycles. The van der Waals surface area contributed by atoms with Crippen LogP contribution in [0.3, 0.4) is 0 Å². The molecule has 1 N–H and O–H groups in total. The maximum absolute atomic E-state index is 11.8. The van der Waals surface area contributed by atoms with Gasteiger partial charge < -0.3 is 5.32 Å². The van der Waals surface area contributed by atoms with Crippen LogP contribution in [0.2, 0.25) is 0 Å². The topological polar surface area (TPSA) is 29.1 Å². The summed E-state index contributed by atoms with van der Waals surface area (Å²) in [7, 11) is 0. The predicted molar refractivity (Wildman–Crippen MR) is 79.2 cm³/mol. The van der Waals surface area contributed by atoms with Crippen molar-refractivity contribution < 1.29 is 4.79 Å². The first-order valence-electron chi connectivity index (χ1n) is 5.90. The van der Waals surface area contributed by atoms with Crippen molar-refractivity contribution in [2.24, 2.45) is 0 Å². The van der Waals surface area contributed by atoms with Crippen LogP contribution in [-0.4, -0.2) is 12.5 Å². The fraction of sp³-hybridized carbons (Fsp3) is 0.188. The van der Waals surface area contributed by atoms with E-state index in [0.29, 0.717) is 12.1 Å². The van der Waals surface area contributed by atoms with Crippen LogP contribution in [-0.2, 0) is 4.79 Å². The average Bonchev–Trinajstić information content (AvgIpc) is 2.39. The third kappa shape index (κ3) is 8.11. The second-order valence-electron chi connectivity index (χ2n) is 3.50. The fourth-order valence-electron chi connectivity index (χ4n) is 1.11. The van der Waals surface area contributed by atoms with Gasteiger partial charge in [0.25, 0.3) is 5.91 Å². The van der Waals surface area contributed by atoms with Gasteiger partial charge in [0, 0.05) is 12.1 Å². The van der Waals surface area contributed by atoms with Crippen LogP contribution in [0.4, 0.5) is 0 Å². The van der Waals surface area contributed by atoms with Gasteiger partial charge in [0.05, 0.1) is 0 Å². The highest BCUT2D eigenvalue weighted by molar-refractivity contribution is 5.96. The minimum Gasteiger partial charge on any atom is -0.349 e. The predicted octanol–water partition coefficient (Wildman–Crippen LogP) is 3.48. The summed E-state index contributed by atoms with van der Waals surface area (Å²) in [6.45, 7) is 11.3. The Balaban J connectivity index is 4.68. The van der Waals surface area contributed by atoms with Gasteiger partial charge in [-0.15, -0.1) is 19.7 Å². The first kappa shape index (κ1) is 15.9. The Bertz CT molecular complexity index is 373. The third-order valence-corrected chi connectivity index (χ3v) is 1.98. The van der Waals surface area contributed by atoms with Gasteiger partial charge in [-0.05, 0) is 18.9 Å². The minimum absolute atomic E-state index is 0.113. The summed E-state index contributed by atoms with van der Waals surface area (Å²) in [4.78, 5) is 11.8. The highest BCUT2D eigenvalue weighted by Gasteiger charge is 2.02. The molecule has 0 aliphatic carbocycles. The third-order valence-electron chi connectivity index (χ3n) is 1.98. The van der Waals surface area contributed by atoms with Crippen molar-refractivity contribution in [3.05, 3.63) is 73.9 Å². The number of amides is 1. The first-order chi connectivity index (χ1) is 8.76. The molecule has 0 atom stereocenters. The average molecular weight is 243 g/mol. The van der Waals surface area contributed by atoms with Crippen LogP contribution < -0.4 is 5.32 Å². The number of allylic oxidation sites excluding steroid dienone is 6. The maximum atomic E-state index is 11.8. The van der Waals surface area contributed by atoms with Gasteiger partial charge in [-0.25, -0.2) is 0 Å². The molecule has 2 nitrogen and oxygen atoms in total. The summed E-state index contributed by atoms with van der Waals surface area (Å²) in [5.41, 5.74) is 0.610. The highest BCUT2D eigenvalue weighted by atomic mass is 16.1. The zero-order valence-corrected chi connectivity index (χ0v) is 10.8. The van der Waals surface area contributed by atoms with Crippen molar-refractivity contribution in [3.63, 3.8) is 0 Å². The van der Waals surface area contributed by atoms with Crippen molar-refractivity contribution in [2.45, 2.75) is 12.8 Å². The Morgan fingerprint density at radius 1 is 1.00 bits per heavy atom. The summed E-state index contributed by atoms with van der Waals surface area (Å²) < 4.78 is 0. The molecule has 18 heavy (non-hydrogen) atoms. The molecular weight excluding hydrogens is 222 g/mol. The lowest BCUT2D eigenvalue weighted by Gasteiger charge is -2.02. The summed E-state index contributed by atoms with van der Waals surface area (Å²) in [6, 6.07) is 0. The van der Waals surface area contributed by atoms with Crippen LogP contribution >= 0.6 is 0 Å². The molecule has 0 spiro atoms. The lowest BCUT2D eigenvalue weighted by atomic mass is 10.2. The Hall–Kier alpha value is -2.09. The number of hydrogen-bond acceptors (Lipinski definition) is 1. The second kappa shape index (κ2) is 11.4. The minimum atomic E-state index is -0.113. The number of nitrogens with one attached hydrogen (secondary N) is 1. The van der Waals surface area contributed by atoms with Crippen molar-refractivity contribution in [1.82, 2.24) is 5.32 Å². The lowest BCUT2D eigenvalue weighted by Crippen LogP contribution is -2.24. The zero-order chi connectivity index (χ0) is 13.6. The van der Waals surface area contributed by atoms with Gasteiger partial charge in [0.1, 0.15) is 0 Å². The molecule has 2 heteroatoms. The monoisotopic (exact) mass is 243 g/mol. The van der Waals surface area contributed by atoms with Gasteiger partial charge in [-0.2, -0.15) is 0 Å². The first-order valence-corrected chi connectivity index (χ1v) is 5.90. The van der Waals surface area contributed by atoms with E-state index in [1.165, 1.54) is 0 Å². The standard InChI is InChI=1S/C16H21NO/c1-4-7-9-11-13-15(12-10-8-5-2)16(18)17-14-6-3/h4-6,9-13H,1-3,7-8,14H2,(H,17,18). The smallest absolute Gasteiger partial charge is 0.251 e. The number of carbonyl (C=O) groups excluding carboxylic acids is 1. The van der Waals surface area contributed by atoms with Crippen LogP contribution in [0, 0.1) is 0 Å². The molecule has 0 aromatic heterocycles. The quantitative estimate of drug-likeness (QED) is 0.375. The van der Waals surface area contributed by atoms with E-state index >= 15 is 0 Å². The molecular formula is C16H21NO. The van der Waals surface area contributed by atoms with E-state index in [4.69, 9.17) is 0 Å². The van der Waals surface area contributed by atoms with Crippen LogP contribution in [0.15, 0.2) is 73.9 Å².